The van der Waals surface area contributed by atoms with Gasteiger partial charge in [-0.15, -0.1) is 0 Å². The Balaban J connectivity index is 1.87. The Morgan fingerprint density at radius 3 is 2.50 bits per heavy atom. The lowest BCUT2D eigenvalue weighted by molar-refractivity contribution is 0.0684. The quantitative estimate of drug-likeness (QED) is 0.890. The smallest absolute Gasteiger partial charge is 0.261 e. The van der Waals surface area contributed by atoms with Gasteiger partial charge in [0.1, 0.15) is 0 Å². The monoisotopic (exact) mass is 372 g/mol. The molecule has 138 valence electrons. The third kappa shape index (κ3) is 4.07. The number of aryl methyl sites for hydroxylation is 1. The molecule has 6 heteroatoms. The van der Waals surface area contributed by atoms with Crippen molar-refractivity contribution in [2.45, 2.75) is 31.6 Å². The maximum Gasteiger partial charge on any atom is 0.261 e. The number of amides is 1. The summed E-state index contributed by atoms with van der Waals surface area (Å²) in [6.45, 7) is 5.45. The molecule has 2 aromatic carbocycles. The van der Waals surface area contributed by atoms with Gasteiger partial charge in [-0.2, -0.15) is 0 Å². The summed E-state index contributed by atoms with van der Waals surface area (Å²) in [6, 6.07) is 13.4. The van der Waals surface area contributed by atoms with Gasteiger partial charge in [0.15, 0.2) is 0 Å². The molecule has 1 aliphatic heterocycles. The average Bonchev–Trinajstić information content (AvgIpc) is 2.62. The van der Waals surface area contributed by atoms with E-state index in [1.807, 2.05) is 11.8 Å². The number of hydrogen-bond donors (Lipinski definition) is 1. The minimum atomic E-state index is -3.75. The van der Waals surface area contributed by atoms with Crippen molar-refractivity contribution < 1.29 is 13.2 Å². The maximum atomic E-state index is 12.9. The highest BCUT2D eigenvalue weighted by Gasteiger charge is 2.25. The van der Waals surface area contributed by atoms with Gasteiger partial charge in [0.2, 0.25) is 0 Å². The van der Waals surface area contributed by atoms with E-state index in [1.54, 1.807) is 48.5 Å². The molecule has 1 aliphatic rings. The fraction of sp³-hybridized carbons (Fsp3) is 0.350. The van der Waals surface area contributed by atoms with Crippen molar-refractivity contribution in [1.29, 1.82) is 0 Å². The van der Waals surface area contributed by atoms with Crippen molar-refractivity contribution in [3.63, 3.8) is 0 Å². The lowest BCUT2D eigenvalue weighted by Crippen LogP contribution is -2.39. The Morgan fingerprint density at radius 1 is 1.12 bits per heavy atom. The number of benzene rings is 2. The van der Waals surface area contributed by atoms with Crippen LogP contribution in [-0.2, 0) is 10.0 Å². The molecule has 0 bridgehead atoms. The number of hydrogen-bond acceptors (Lipinski definition) is 3. The highest BCUT2D eigenvalue weighted by Crippen LogP contribution is 2.24. The number of para-hydroxylation sites is 1. The molecule has 0 aromatic heterocycles. The lowest BCUT2D eigenvalue weighted by Gasteiger charge is -2.31. The Morgan fingerprint density at radius 2 is 1.81 bits per heavy atom. The molecule has 1 N–H and O–H groups in total. The lowest BCUT2D eigenvalue weighted by atomic mass is 9.99. The van der Waals surface area contributed by atoms with Gasteiger partial charge in [0.25, 0.3) is 15.9 Å². The average molecular weight is 372 g/mol. The number of anilines is 1. The minimum absolute atomic E-state index is 0.126. The number of likely N-dealkylation sites (tertiary alicyclic amines) is 1. The van der Waals surface area contributed by atoms with Crippen LogP contribution in [0.5, 0.6) is 0 Å². The van der Waals surface area contributed by atoms with Crippen LogP contribution in [-0.4, -0.2) is 32.3 Å². The van der Waals surface area contributed by atoms with Crippen LogP contribution in [0.3, 0.4) is 0 Å². The van der Waals surface area contributed by atoms with E-state index >= 15 is 0 Å². The van der Waals surface area contributed by atoms with Crippen LogP contribution in [0, 0.1) is 12.8 Å². The first-order chi connectivity index (χ1) is 12.4. The highest BCUT2D eigenvalue weighted by molar-refractivity contribution is 7.92. The summed E-state index contributed by atoms with van der Waals surface area (Å²) in [5.41, 5.74) is 1.69. The fourth-order valence-electron chi connectivity index (χ4n) is 3.22. The number of carbonyl (C=O) groups is 1. The van der Waals surface area contributed by atoms with Crippen LogP contribution in [0.1, 0.15) is 35.7 Å². The molecule has 26 heavy (non-hydrogen) atoms. The number of carbonyl (C=O) groups excluding carboxylic acids is 1. The maximum absolute atomic E-state index is 12.9. The molecule has 0 unspecified atom stereocenters. The van der Waals surface area contributed by atoms with Crippen molar-refractivity contribution in [2.24, 2.45) is 5.92 Å². The second kappa shape index (κ2) is 7.50. The molecule has 1 amide bonds. The van der Waals surface area contributed by atoms with Crippen molar-refractivity contribution in [3.8, 4) is 0 Å². The van der Waals surface area contributed by atoms with Crippen molar-refractivity contribution in [3.05, 3.63) is 59.7 Å². The van der Waals surface area contributed by atoms with Gasteiger partial charge in [-0.1, -0.05) is 36.8 Å². The number of piperidine rings is 1. The second-order valence-corrected chi connectivity index (χ2v) is 8.65. The summed E-state index contributed by atoms with van der Waals surface area (Å²) in [4.78, 5) is 14.9. The zero-order chi connectivity index (χ0) is 18.7. The Bertz CT molecular complexity index is 892. The van der Waals surface area contributed by atoms with Crippen molar-refractivity contribution in [2.75, 3.05) is 17.8 Å². The van der Waals surface area contributed by atoms with Crippen LogP contribution in [0.4, 0.5) is 5.69 Å². The van der Waals surface area contributed by atoms with Crippen LogP contribution < -0.4 is 4.72 Å². The number of nitrogens with one attached hydrogen (secondary N) is 1. The van der Waals surface area contributed by atoms with Gasteiger partial charge in [0.05, 0.1) is 16.1 Å². The number of nitrogens with zero attached hydrogens (tertiary/aromatic N) is 1. The van der Waals surface area contributed by atoms with E-state index in [9.17, 15) is 13.2 Å². The largest absolute Gasteiger partial charge is 0.338 e. The summed E-state index contributed by atoms with van der Waals surface area (Å²) in [5.74, 6) is 0.336. The van der Waals surface area contributed by atoms with Crippen LogP contribution in [0.2, 0.25) is 0 Å². The zero-order valence-corrected chi connectivity index (χ0v) is 15.9. The third-order valence-electron chi connectivity index (χ3n) is 4.68. The Kier molecular flexibility index (Phi) is 5.32. The molecule has 1 saturated heterocycles. The zero-order valence-electron chi connectivity index (χ0n) is 15.1. The molecule has 1 atom stereocenters. The van der Waals surface area contributed by atoms with E-state index in [2.05, 4.69) is 11.6 Å². The molecule has 3 rings (SSSR count). The van der Waals surface area contributed by atoms with E-state index in [4.69, 9.17) is 0 Å². The van der Waals surface area contributed by atoms with Crippen molar-refractivity contribution >= 4 is 21.6 Å². The molecule has 0 spiro atoms. The van der Waals surface area contributed by atoms with Gasteiger partial charge in [0, 0.05) is 13.1 Å². The Labute approximate surface area is 155 Å². The van der Waals surface area contributed by atoms with E-state index in [1.165, 1.54) is 0 Å². The molecular weight excluding hydrogens is 348 g/mol. The highest BCUT2D eigenvalue weighted by atomic mass is 32.2. The van der Waals surface area contributed by atoms with E-state index < -0.39 is 10.0 Å². The van der Waals surface area contributed by atoms with Gasteiger partial charge in [-0.05, 0) is 49.9 Å². The Hall–Kier alpha value is -2.34. The van der Waals surface area contributed by atoms with E-state index in [-0.39, 0.29) is 10.8 Å². The summed E-state index contributed by atoms with van der Waals surface area (Å²) >= 11 is 0. The number of rotatable bonds is 4. The SMILES string of the molecule is Cc1ccc(S(=O)(=O)Nc2ccccc2C(=O)N2CCC[C@@H](C)C2)cc1. The van der Waals surface area contributed by atoms with Crippen LogP contribution >= 0.6 is 0 Å². The van der Waals surface area contributed by atoms with Crippen LogP contribution in [0.15, 0.2) is 53.4 Å². The minimum Gasteiger partial charge on any atom is -0.338 e. The summed E-state index contributed by atoms with van der Waals surface area (Å²) in [5, 5.41) is 0. The molecule has 1 heterocycles. The van der Waals surface area contributed by atoms with Gasteiger partial charge >= 0.3 is 0 Å². The molecular formula is C20H24N2O3S. The summed E-state index contributed by atoms with van der Waals surface area (Å²) < 4.78 is 27.9. The molecule has 0 saturated carbocycles. The number of sulfonamides is 1. The van der Waals surface area contributed by atoms with E-state index in [0.29, 0.717) is 30.3 Å². The molecule has 2 aromatic rings. The standard InChI is InChI=1S/C20H24N2O3S/c1-15-9-11-17(12-10-15)26(24,25)21-19-8-4-3-7-18(19)20(23)22-13-5-6-16(2)14-22/h3-4,7-12,16,21H,5-6,13-14H2,1-2H3/t16-/m1/s1. The first-order valence-electron chi connectivity index (χ1n) is 8.84. The van der Waals surface area contributed by atoms with E-state index in [0.717, 1.165) is 18.4 Å². The van der Waals surface area contributed by atoms with Gasteiger partial charge in [-0.25, -0.2) is 8.42 Å². The third-order valence-corrected chi connectivity index (χ3v) is 6.06. The van der Waals surface area contributed by atoms with Gasteiger partial charge in [-0.3, -0.25) is 9.52 Å². The summed E-state index contributed by atoms with van der Waals surface area (Å²) in [6.07, 6.45) is 2.09. The first-order valence-corrected chi connectivity index (χ1v) is 10.3. The molecule has 5 nitrogen and oxygen atoms in total. The van der Waals surface area contributed by atoms with Gasteiger partial charge < -0.3 is 4.90 Å². The topological polar surface area (TPSA) is 66.5 Å². The predicted molar refractivity (Wildman–Crippen MR) is 103 cm³/mol. The summed E-state index contributed by atoms with van der Waals surface area (Å²) in [7, 11) is -3.75. The first kappa shape index (κ1) is 18.5. The molecule has 0 aliphatic carbocycles. The normalized spacial score (nSPS) is 17.8. The second-order valence-electron chi connectivity index (χ2n) is 6.96. The molecule has 1 fully saturated rings. The van der Waals surface area contributed by atoms with Crippen molar-refractivity contribution in [1.82, 2.24) is 4.90 Å². The molecule has 0 radical (unpaired) electrons. The van der Waals surface area contributed by atoms with Crippen LogP contribution in [0.25, 0.3) is 0 Å². The predicted octanol–water partition coefficient (Wildman–Crippen LogP) is 3.67. The fourth-order valence-corrected chi connectivity index (χ4v) is 4.30.